The Labute approximate surface area is 448 Å². The second-order valence-corrected chi connectivity index (χ2v) is 17.4. The Morgan fingerprint density at radius 3 is 1.41 bits per heavy atom. The molecule has 354 valence electrons. The number of nitrogens with zero attached hydrogens (tertiary/aromatic N) is 4. The molecule has 0 amide bonds. The molecule has 4 heteroatoms. The topological polar surface area (TPSA) is 14.7 Å². The Balaban J connectivity index is -0.000000816. The third kappa shape index (κ3) is 6.53. The second-order valence-electron chi connectivity index (χ2n) is 17.4. The van der Waals surface area contributed by atoms with E-state index in [9.17, 15) is 0 Å². The minimum atomic E-state index is 1.08. The smallest absolute Gasteiger partial charge is 0.148 e. The maximum absolute atomic E-state index is 5.00. The first-order chi connectivity index (χ1) is 50.8. The highest BCUT2D eigenvalue weighted by Gasteiger charge is 2.36. The van der Waals surface area contributed by atoms with E-state index >= 15 is 0 Å². The summed E-state index contributed by atoms with van der Waals surface area (Å²) in [5.74, 6) is 1.09. The summed E-state index contributed by atoms with van der Waals surface area (Å²) in [6.07, 6.45) is 0. The molecule has 11 aromatic carbocycles. The van der Waals surface area contributed by atoms with Gasteiger partial charge in [0, 0.05) is 89.7 Å². The molecule has 0 saturated heterocycles. The van der Waals surface area contributed by atoms with Crippen LogP contribution in [0.15, 0.2) is 267 Å². The monoisotopic (exact) mass is 937 g/mol. The van der Waals surface area contributed by atoms with Gasteiger partial charge in [0.05, 0.1) is 28.3 Å². The molecule has 1 aliphatic rings. The average molecular weight is 938 g/mol. The van der Waals surface area contributed by atoms with Gasteiger partial charge in [-0.2, -0.15) is 0 Å². The Bertz CT molecular complexity index is 3870. The summed E-state index contributed by atoms with van der Waals surface area (Å²) in [4.78, 5) is 7.30. The number of hydrogen-bond donors (Lipinski definition) is 0. The zero-order chi connectivity index (χ0) is 79.0. The predicted octanol–water partition coefficient (Wildman–Crippen LogP) is 22.2. The molecule has 12 aromatic rings. The second kappa shape index (κ2) is 16.4. The number of rotatable bonds is 8. The molecule has 0 fully saturated rings. The van der Waals surface area contributed by atoms with Crippen molar-refractivity contribution in [1.29, 1.82) is 0 Å². The molecule has 0 N–H and O–H groups in total. The van der Waals surface area contributed by atoms with Crippen molar-refractivity contribution in [3.63, 3.8) is 0 Å². The summed E-state index contributed by atoms with van der Waals surface area (Å²) in [5, 5.41) is 6.06. The highest BCUT2D eigenvalue weighted by molar-refractivity contribution is 6.16. The fraction of sp³-hybridized carbons (Fsp3) is 0. The highest BCUT2D eigenvalue weighted by Crippen LogP contribution is 2.58. The van der Waals surface area contributed by atoms with Gasteiger partial charge in [0.1, 0.15) is 5.82 Å². The van der Waals surface area contributed by atoms with Crippen LogP contribution in [-0.2, 0) is 0 Å². The molecule has 13 rings (SSSR count). The van der Waals surface area contributed by atoms with Crippen molar-refractivity contribution in [1.82, 2.24) is 4.57 Å². The van der Waals surface area contributed by atoms with Crippen molar-refractivity contribution in [3.8, 4) is 27.9 Å². The van der Waals surface area contributed by atoms with Gasteiger partial charge in [-0.05, 0) is 129 Å². The lowest BCUT2D eigenvalue weighted by Crippen LogP contribution is -2.25. The molecular weight excluding hydrogens is 825 g/mol. The van der Waals surface area contributed by atoms with Crippen LogP contribution in [0.3, 0.4) is 0 Å². The van der Waals surface area contributed by atoms with E-state index in [2.05, 4.69) is 286 Å². The van der Waals surface area contributed by atoms with Gasteiger partial charge in [-0.15, -0.1) is 0 Å². The maximum Gasteiger partial charge on any atom is 0.148 e. The molecule has 0 saturated carbocycles. The first-order valence-corrected chi connectivity index (χ1v) is 23.3. The standard InChI is InChI=1S/C64H44N4.17H2/c1-5-19-45(20-6-1)46-33-38-53(39-34-46)65(62-44-49-21-13-14-28-55(49)56-29-15-16-30-57(56)62)54-40-35-47(36-41-54)48-37-42-59-58(43-48)63-64(67(59)51-24-9-3-10-25-51)68(52-26-11-4-12-27-52)61-32-18-17-31-60(61)66(63)50-22-7-2-8-23-50;;;;;;;;;;;;;;;;;/h1-44H;17*1H/i;17*1+1D. The van der Waals surface area contributed by atoms with Crippen LogP contribution < -0.4 is 14.7 Å². The number of fused-ring (bicyclic) bond motifs is 7. The minimum Gasteiger partial charge on any atom is -0.310 e. The van der Waals surface area contributed by atoms with Gasteiger partial charge in [-0.3, -0.25) is 9.47 Å². The summed E-state index contributed by atoms with van der Waals surface area (Å²) in [5.41, 5.74) is 15.8. The fourth-order valence-electron chi connectivity index (χ4n) is 10.3. The lowest BCUT2D eigenvalue weighted by atomic mass is 9.98. The van der Waals surface area contributed by atoms with Crippen molar-refractivity contribution in [3.05, 3.63) is 267 Å². The summed E-state index contributed by atoms with van der Waals surface area (Å²) < 4.78 is 172. The van der Waals surface area contributed by atoms with Crippen molar-refractivity contribution in [2.75, 3.05) is 14.7 Å². The SMILES string of the molecule is [2H][2H].[2H][2H].[2H][2H].[2H][2H].[2H][2H].[2H][2H].[2H][2H].[2H][2H].[2H][2H].[2H][2H].[2H][2H].[2H][2H].[2H][2H].[2H][2H].[2H][2H].[2H][2H].[2H][2H].c1ccc(-c2ccc(N(c3ccc(-c4ccc5c(c4)c4c(n5-c5ccccc5)N(c5ccccc5)c5ccccc5N4c4ccccc4)cc3)c3cc4ccccc4c4ccccc34)cc2)cc1. The zero-order valence-corrected chi connectivity index (χ0v) is 37.2. The van der Waals surface area contributed by atoms with Crippen molar-refractivity contribution < 1.29 is 50.5 Å². The molecule has 0 spiro atoms. The molecule has 2 heterocycles. The Hall–Kier alpha value is -9.12. The summed E-state index contributed by atoms with van der Waals surface area (Å²) in [7, 11) is 0. The Morgan fingerprint density at radius 2 is 0.779 bits per heavy atom. The summed E-state index contributed by atoms with van der Waals surface area (Å²) >= 11 is 0. The number of aromatic nitrogens is 1. The van der Waals surface area contributed by atoms with Crippen LogP contribution in [-0.4, -0.2) is 4.57 Å². The molecule has 0 unspecified atom stereocenters. The summed E-state index contributed by atoms with van der Waals surface area (Å²) in [6, 6.07) is 96.7. The third-order valence-corrected chi connectivity index (χ3v) is 13.4. The summed E-state index contributed by atoms with van der Waals surface area (Å²) in [6.45, 7) is 0. The number of benzene rings is 11. The zero-order valence-electron chi connectivity index (χ0n) is 71.2. The van der Waals surface area contributed by atoms with Crippen LogP contribution in [0.4, 0.5) is 51.3 Å². The maximum atomic E-state index is 5.00. The molecule has 0 radical (unpaired) electrons. The molecular formula is C64H78N4. The van der Waals surface area contributed by atoms with Gasteiger partial charge >= 0.3 is 0 Å². The van der Waals surface area contributed by atoms with Crippen LogP contribution in [0.5, 0.6) is 0 Å². The number of para-hydroxylation sites is 5. The van der Waals surface area contributed by atoms with Crippen LogP contribution in [0, 0.1) is 0 Å². The van der Waals surface area contributed by atoms with E-state index in [4.69, 9.17) is 50.5 Å². The van der Waals surface area contributed by atoms with Gasteiger partial charge in [0.25, 0.3) is 0 Å². The first kappa shape index (κ1) is 25.5. The van der Waals surface area contributed by atoms with Gasteiger partial charge < -0.3 is 9.80 Å². The van der Waals surface area contributed by atoms with Crippen molar-refractivity contribution in [2.45, 2.75) is 0 Å². The molecule has 1 aliphatic heterocycles. The first-order valence-electron chi connectivity index (χ1n) is 40.3. The van der Waals surface area contributed by atoms with Crippen LogP contribution in [0.25, 0.3) is 60.4 Å². The van der Waals surface area contributed by atoms with Crippen molar-refractivity contribution >= 4 is 83.8 Å². The number of hydrogen-bond acceptors (Lipinski definition) is 3. The molecule has 1 aromatic heterocycles. The Kier molecular flexibility index (Phi) is 6.16. The van der Waals surface area contributed by atoms with Gasteiger partial charge in [-0.25, -0.2) is 0 Å². The Morgan fingerprint density at radius 1 is 0.324 bits per heavy atom. The van der Waals surface area contributed by atoms with E-state index in [0.717, 1.165) is 79.0 Å². The van der Waals surface area contributed by atoms with E-state index in [1.807, 2.05) is 0 Å². The van der Waals surface area contributed by atoms with Crippen LogP contribution >= 0.6 is 0 Å². The largest absolute Gasteiger partial charge is 0.310 e. The predicted molar refractivity (Wildman–Crippen MR) is 323 cm³/mol. The van der Waals surface area contributed by atoms with E-state index < -0.39 is 0 Å². The quantitative estimate of drug-likeness (QED) is 0.141. The lowest BCUT2D eigenvalue weighted by molar-refractivity contribution is 1.05. The van der Waals surface area contributed by atoms with E-state index in [-0.39, 0.29) is 0 Å². The van der Waals surface area contributed by atoms with E-state index in [0.29, 0.717) is 0 Å². The minimum absolute atomic E-state index is 1.08. The average Bonchev–Trinajstić information content (AvgIpc) is 1.52. The number of anilines is 9. The highest BCUT2D eigenvalue weighted by atomic mass is 15.3. The lowest BCUT2D eigenvalue weighted by Gasteiger charge is -2.39. The normalized spacial score (nSPS) is 14.1. The van der Waals surface area contributed by atoms with Crippen molar-refractivity contribution in [2.24, 2.45) is 0 Å². The molecule has 0 aliphatic carbocycles. The van der Waals surface area contributed by atoms with Gasteiger partial charge in [0.2, 0.25) is 0 Å². The fourth-order valence-corrected chi connectivity index (χ4v) is 10.3. The molecule has 4 nitrogen and oxygen atoms in total. The van der Waals surface area contributed by atoms with Gasteiger partial charge in [0.15, 0.2) is 0 Å². The molecule has 68 heavy (non-hydrogen) atoms. The van der Waals surface area contributed by atoms with E-state index in [1.165, 1.54) is 32.7 Å². The van der Waals surface area contributed by atoms with Crippen LogP contribution in [0.2, 0.25) is 0 Å². The van der Waals surface area contributed by atoms with E-state index in [1.54, 1.807) is 0 Å². The third-order valence-electron chi connectivity index (χ3n) is 13.4. The van der Waals surface area contributed by atoms with Gasteiger partial charge in [-0.1, -0.05) is 176 Å². The molecule has 0 bridgehead atoms. The molecule has 0 atom stereocenters. The van der Waals surface area contributed by atoms with Crippen LogP contribution in [0.1, 0.15) is 50.5 Å².